The molecule has 25 heavy (non-hydrogen) atoms. The molecule has 142 valence electrons. The summed E-state index contributed by atoms with van der Waals surface area (Å²) in [4.78, 5) is 5.98. The number of unbranched alkanes of at least 4 members (excludes halogenated alkanes) is 1. The third-order valence-corrected chi connectivity index (χ3v) is 4.77. The Hall–Kier alpha value is -0.770. The number of hydrogen-bond donors (Lipinski definition) is 2. The summed E-state index contributed by atoms with van der Waals surface area (Å²) in [7, 11) is 1.74. The second-order valence-corrected chi connectivity index (χ2v) is 6.83. The average molecular weight is 484 g/mol. The van der Waals surface area contributed by atoms with E-state index < -0.39 is 11.6 Å². The zero-order valence-electron chi connectivity index (χ0n) is 14.7. The lowest BCUT2D eigenvalue weighted by Crippen LogP contribution is -2.45. The van der Waals surface area contributed by atoms with E-state index in [2.05, 4.69) is 21.9 Å². The van der Waals surface area contributed by atoms with Crippen molar-refractivity contribution in [1.29, 1.82) is 0 Å². The van der Waals surface area contributed by atoms with Crippen molar-refractivity contribution < 1.29 is 8.78 Å². The predicted octanol–water partition coefficient (Wildman–Crippen LogP) is 3.47. The van der Waals surface area contributed by atoms with E-state index in [4.69, 9.17) is 0 Å². The Labute approximate surface area is 170 Å². The molecule has 0 radical (unpaired) electrons. The molecule has 0 aliphatic carbocycles. The van der Waals surface area contributed by atoms with Crippen LogP contribution in [0.4, 0.5) is 14.5 Å². The van der Waals surface area contributed by atoms with Crippen LogP contribution < -0.4 is 15.5 Å². The van der Waals surface area contributed by atoms with Gasteiger partial charge >= 0.3 is 0 Å². The molecule has 0 spiro atoms. The maximum absolute atomic E-state index is 13.9. The van der Waals surface area contributed by atoms with Crippen molar-refractivity contribution in [2.24, 2.45) is 4.99 Å². The minimum atomic E-state index is -0.507. The Balaban J connectivity index is 0.00000312. The van der Waals surface area contributed by atoms with Crippen LogP contribution in [0.1, 0.15) is 19.3 Å². The molecule has 0 amide bonds. The predicted molar refractivity (Wildman–Crippen MR) is 115 cm³/mol. The fourth-order valence-electron chi connectivity index (χ4n) is 2.84. The SMILES string of the molecule is CN=C(NCCCCSC)NC1CCN(c2c(F)cccc2F)C1.I. The van der Waals surface area contributed by atoms with Crippen LogP contribution in [-0.2, 0) is 0 Å². The number of halogens is 3. The molecule has 0 bridgehead atoms. The summed E-state index contributed by atoms with van der Waals surface area (Å²) in [5.41, 5.74) is 0.0711. The number of nitrogens with one attached hydrogen (secondary N) is 2. The highest BCUT2D eigenvalue weighted by molar-refractivity contribution is 14.0. The molecule has 2 N–H and O–H groups in total. The van der Waals surface area contributed by atoms with Crippen LogP contribution in [0.5, 0.6) is 0 Å². The van der Waals surface area contributed by atoms with Crippen molar-refractivity contribution in [2.75, 3.05) is 43.6 Å². The van der Waals surface area contributed by atoms with E-state index in [1.54, 1.807) is 11.9 Å². The van der Waals surface area contributed by atoms with Gasteiger partial charge in [-0.05, 0) is 43.4 Å². The largest absolute Gasteiger partial charge is 0.365 e. The first-order chi connectivity index (χ1) is 11.7. The molecule has 1 saturated heterocycles. The van der Waals surface area contributed by atoms with Crippen LogP contribution in [-0.4, -0.2) is 50.7 Å². The topological polar surface area (TPSA) is 39.7 Å². The van der Waals surface area contributed by atoms with Gasteiger partial charge in [-0.2, -0.15) is 11.8 Å². The van der Waals surface area contributed by atoms with E-state index in [1.165, 1.54) is 30.4 Å². The standard InChI is InChI=1S/C17H26F2N4S.HI/c1-20-17(21-9-3-4-11-24-2)22-13-8-10-23(12-13)16-14(18)6-5-7-15(16)19;/h5-7,13H,3-4,8-12H2,1-2H3,(H2,20,21,22);1H. The van der Waals surface area contributed by atoms with Crippen LogP contribution >= 0.6 is 35.7 Å². The molecule has 2 rings (SSSR count). The highest BCUT2D eigenvalue weighted by Crippen LogP contribution is 2.26. The Kier molecular flexibility index (Phi) is 10.5. The summed E-state index contributed by atoms with van der Waals surface area (Å²) in [6.45, 7) is 2.06. The number of aliphatic imine (C=N–C) groups is 1. The minimum Gasteiger partial charge on any atom is -0.365 e. The van der Waals surface area contributed by atoms with E-state index in [0.717, 1.165) is 25.3 Å². The number of thioether (sulfide) groups is 1. The third-order valence-electron chi connectivity index (χ3n) is 4.07. The lowest BCUT2D eigenvalue weighted by Gasteiger charge is -2.21. The van der Waals surface area contributed by atoms with Crippen molar-refractivity contribution in [1.82, 2.24) is 10.6 Å². The first-order valence-corrected chi connectivity index (χ1v) is 9.70. The van der Waals surface area contributed by atoms with E-state index >= 15 is 0 Å². The summed E-state index contributed by atoms with van der Waals surface area (Å²) < 4.78 is 27.8. The maximum atomic E-state index is 13.9. The number of nitrogens with zero attached hydrogens (tertiary/aromatic N) is 2. The molecule has 1 atom stereocenters. The van der Waals surface area contributed by atoms with Crippen LogP contribution in [0.15, 0.2) is 23.2 Å². The summed E-state index contributed by atoms with van der Waals surface area (Å²) in [5, 5.41) is 6.64. The van der Waals surface area contributed by atoms with Crippen LogP contribution in [0.3, 0.4) is 0 Å². The van der Waals surface area contributed by atoms with Gasteiger partial charge in [0.25, 0.3) is 0 Å². The summed E-state index contributed by atoms with van der Waals surface area (Å²) in [5.74, 6) is 0.901. The molecule has 1 aliphatic rings. The average Bonchev–Trinajstić information content (AvgIpc) is 3.01. The Morgan fingerprint density at radius 3 is 2.68 bits per heavy atom. The van der Waals surface area contributed by atoms with Crippen molar-refractivity contribution >= 4 is 47.4 Å². The molecule has 1 fully saturated rings. The highest BCUT2D eigenvalue weighted by Gasteiger charge is 2.27. The van der Waals surface area contributed by atoms with Crippen molar-refractivity contribution in [3.63, 3.8) is 0 Å². The molecule has 1 aromatic carbocycles. The van der Waals surface area contributed by atoms with Gasteiger partial charge in [-0.15, -0.1) is 24.0 Å². The van der Waals surface area contributed by atoms with Crippen LogP contribution in [0.25, 0.3) is 0 Å². The molecule has 1 aliphatic heterocycles. The summed E-state index contributed by atoms with van der Waals surface area (Å²) in [6.07, 6.45) is 5.20. The van der Waals surface area contributed by atoms with Crippen molar-refractivity contribution in [3.8, 4) is 0 Å². The van der Waals surface area contributed by atoms with Gasteiger partial charge < -0.3 is 15.5 Å². The Morgan fingerprint density at radius 2 is 2.04 bits per heavy atom. The minimum absolute atomic E-state index is 0. The number of para-hydroxylation sites is 1. The lowest BCUT2D eigenvalue weighted by atomic mass is 10.2. The molecule has 4 nitrogen and oxygen atoms in total. The van der Waals surface area contributed by atoms with Crippen molar-refractivity contribution in [3.05, 3.63) is 29.8 Å². The van der Waals surface area contributed by atoms with Gasteiger partial charge in [0, 0.05) is 32.7 Å². The second kappa shape index (κ2) is 11.8. The molecule has 0 aromatic heterocycles. The van der Waals surface area contributed by atoms with Gasteiger partial charge in [-0.1, -0.05) is 6.07 Å². The van der Waals surface area contributed by atoms with E-state index in [0.29, 0.717) is 13.1 Å². The molecular weight excluding hydrogens is 457 g/mol. The number of guanidine groups is 1. The van der Waals surface area contributed by atoms with Crippen LogP contribution in [0.2, 0.25) is 0 Å². The fourth-order valence-corrected chi connectivity index (χ4v) is 3.33. The van der Waals surface area contributed by atoms with Gasteiger partial charge in [0.2, 0.25) is 0 Å². The molecule has 1 heterocycles. The first kappa shape index (κ1) is 22.3. The normalized spacial score (nSPS) is 17.4. The quantitative estimate of drug-likeness (QED) is 0.269. The zero-order chi connectivity index (χ0) is 17.4. The van der Waals surface area contributed by atoms with E-state index in [-0.39, 0.29) is 35.7 Å². The molecular formula is C17H27F2IN4S. The second-order valence-electron chi connectivity index (χ2n) is 5.85. The lowest BCUT2D eigenvalue weighted by molar-refractivity contribution is 0.575. The van der Waals surface area contributed by atoms with Gasteiger partial charge in [0.15, 0.2) is 5.96 Å². The first-order valence-electron chi connectivity index (χ1n) is 8.30. The number of hydrogen-bond acceptors (Lipinski definition) is 3. The zero-order valence-corrected chi connectivity index (χ0v) is 17.9. The fraction of sp³-hybridized carbons (Fsp3) is 0.588. The molecule has 1 unspecified atom stereocenters. The highest BCUT2D eigenvalue weighted by atomic mass is 127. The summed E-state index contributed by atoms with van der Waals surface area (Å²) in [6, 6.07) is 4.12. The van der Waals surface area contributed by atoms with Gasteiger partial charge in [0.1, 0.15) is 17.3 Å². The number of anilines is 1. The monoisotopic (exact) mass is 484 g/mol. The van der Waals surface area contributed by atoms with E-state index in [9.17, 15) is 8.78 Å². The molecule has 1 aromatic rings. The van der Waals surface area contributed by atoms with E-state index in [1.807, 2.05) is 11.8 Å². The summed E-state index contributed by atoms with van der Waals surface area (Å²) >= 11 is 1.85. The van der Waals surface area contributed by atoms with Gasteiger partial charge in [-0.25, -0.2) is 8.78 Å². The van der Waals surface area contributed by atoms with Crippen LogP contribution in [0, 0.1) is 11.6 Å². The van der Waals surface area contributed by atoms with Gasteiger partial charge in [0.05, 0.1) is 0 Å². The number of rotatable bonds is 7. The van der Waals surface area contributed by atoms with Gasteiger partial charge in [-0.3, -0.25) is 4.99 Å². The van der Waals surface area contributed by atoms with Crippen molar-refractivity contribution in [2.45, 2.75) is 25.3 Å². The number of benzene rings is 1. The third kappa shape index (κ3) is 6.80. The smallest absolute Gasteiger partial charge is 0.191 e. The maximum Gasteiger partial charge on any atom is 0.191 e. The molecule has 0 saturated carbocycles. The Morgan fingerprint density at radius 1 is 1.32 bits per heavy atom. The Bertz CT molecular complexity index is 539. The molecule has 8 heteroatoms.